The highest BCUT2D eigenvalue weighted by Gasteiger charge is 2.32. The summed E-state index contributed by atoms with van der Waals surface area (Å²) in [4.78, 5) is 54.0. The highest BCUT2D eigenvalue weighted by Crippen LogP contribution is 2.42. The molecule has 2 aromatic carbocycles. The molecule has 12 nitrogen and oxygen atoms in total. The van der Waals surface area contributed by atoms with Gasteiger partial charge in [-0.1, -0.05) is 24.3 Å². The fourth-order valence-corrected chi connectivity index (χ4v) is 5.93. The van der Waals surface area contributed by atoms with E-state index in [9.17, 15) is 19.2 Å². The predicted octanol–water partition coefficient (Wildman–Crippen LogP) is 2.82. The maximum absolute atomic E-state index is 16.3. The summed E-state index contributed by atoms with van der Waals surface area (Å²) in [6.07, 6.45) is 2.47. The number of hydrogen-bond acceptors (Lipinski definition) is 8. The zero-order valence-electron chi connectivity index (χ0n) is 25.8. The van der Waals surface area contributed by atoms with Gasteiger partial charge in [0.2, 0.25) is 11.8 Å². The van der Waals surface area contributed by atoms with E-state index >= 15 is 4.39 Å². The van der Waals surface area contributed by atoms with Crippen LogP contribution in [-0.2, 0) is 18.9 Å². The number of benzene rings is 2. The molecular weight excluding hydrogens is 595 g/mol. The average Bonchev–Trinajstić information content (AvgIpc) is 3.66. The standard InChI is InChI=1S/C33H33FN6O6/c1-17-19(7-6-10-23(17)37-30(42)22-15-39(2)33(44)40(3)32(22)43)20-8-5-9-21(29(20)34)24-13-26-28(31(38-24)45-4)25(16-46-26)35-14-18-11-12-27(41)36-18/h5-10,13,15,18,25,35H,11-12,14,16H2,1-4H3,(H,36,41)(H,37,42). The first-order valence-corrected chi connectivity index (χ1v) is 14.8. The smallest absolute Gasteiger partial charge is 0.330 e. The number of methoxy groups -OCH3 is 1. The third-order valence-corrected chi connectivity index (χ3v) is 8.47. The van der Waals surface area contributed by atoms with Crippen molar-refractivity contribution in [3.05, 3.63) is 92.0 Å². The van der Waals surface area contributed by atoms with Gasteiger partial charge in [-0.25, -0.2) is 14.2 Å². The van der Waals surface area contributed by atoms with E-state index in [0.717, 1.165) is 21.1 Å². The van der Waals surface area contributed by atoms with E-state index in [2.05, 4.69) is 20.9 Å². The molecule has 2 unspecified atom stereocenters. The topological polar surface area (TPSA) is 146 Å². The molecule has 3 N–H and O–H groups in total. The van der Waals surface area contributed by atoms with Crippen molar-refractivity contribution >= 4 is 17.5 Å². The minimum absolute atomic E-state index is 0.0443. The molecule has 46 heavy (non-hydrogen) atoms. The van der Waals surface area contributed by atoms with Crippen LogP contribution in [0.2, 0.25) is 0 Å². The van der Waals surface area contributed by atoms with Crippen LogP contribution in [0.4, 0.5) is 10.1 Å². The number of ether oxygens (including phenoxy) is 2. The number of aromatic nitrogens is 3. The number of halogens is 1. The number of fused-ring (bicyclic) bond motifs is 1. The highest BCUT2D eigenvalue weighted by atomic mass is 19.1. The second-order valence-corrected chi connectivity index (χ2v) is 11.4. The number of carbonyl (C=O) groups excluding carboxylic acids is 2. The van der Waals surface area contributed by atoms with Gasteiger partial charge in [0.15, 0.2) is 0 Å². The van der Waals surface area contributed by atoms with E-state index in [0.29, 0.717) is 53.7 Å². The van der Waals surface area contributed by atoms with Gasteiger partial charge in [-0.15, -0.1) is 0 Å². The third-order valence-electron chi connectivity index (χ3n) is 8.47. The first-order valence-electron chi connectivity index (χ1n) is 14.8. The molecule has 238 valence electrons. The van der Waals surface area contributed by atoms with Crippen LogP contribution in [0.15, 0.2) is 58.3 Å². The zero-order chi connectivity index (χ0) is 32.7. The molecule has 0 radical (unpaired) electrons. The quantitative estimate of drug-likeness (QED) is 0.270. The molecule has 2 aromatic heterocycles. The largest absolute Gasteiger partial charge is 0.491 e. The fourth-order valence-electron chi connectivity index (χ4n) is 5.93. The van der Waals surface area contributed by atoms with Crippen LogP contribution in [0.5, 0.6) is 11.6 Å². The Balaban J connectivity index is 1.29. The van der Waals surface area contributed by atoms with Crippen molar-refractivity contribution in [3.63, 3.8) is 0 Å². The van der Waals surface area contributed by atoms with Gasteiger partial charge < -0.3 is 30.0 Å². The molecule has 0 bridgehead atoms. The fraction of sp³-hybridized carbons (Fsp3) is 0.303. The Hall–Kier alpha value is -5.30. The SMILES string of the molecule is COc1nc(-c2cccc(-c3cccc(NC(=O)c4cn(C)c(=O)n(C)c4=O)c3C)c2F)cc2c1C(NCC1CCC(=O)N1)CO2. The molecule has 2 amide bonds. The van der Waals surface area contributed by atoms with Gasteiger partial charge in [-0.3, -0.25) is 19.0 Å². The number of nitrogens with zero attached hydrogens (tertiary/aromatic N) is 3. The maximum atomic E-state index is 16.3. The van der Waals surface area contributed by atoms with Gasteiger partial charge in [-0.05, 0) is 36.6 Å². The van der Waals surface area contributed by atoms with Crippen LogP contribution in [0.3, 0.4) is 0 Å². The summed E-state index contributed by atoms with van der Waals surface area (Å²) < 4.78 is 29.9. The van der Waals surface area contributed by atoms with Crippen molar-refractivity contribution in [2.45, 2.75) is 31.8 Å². The minimum Gasteiger partial charge on any atom is -0.491 e. The third kappa shape index (κ3) is 5.53. The van der Waals surface area contributed by atoms with Crippen molar-refractivity contribution in [1.29, 1.82) is 0 Å². The van der Waals surface area contributed by atoms with E-state index < -0.39 is 23.0 Å². The van der Waals surface area contributed by atoms with E-state index in [1.165, 1.54) is 27.4 Å². The number of amides is 2. The molecule has 0 saturated carbocycles. The second kappa shape index (κ2) is 12.2. The van der Waals surface area contributed by atoms with Gasteiger partial charge in [0, 0.05) is 62.2 Å². The molecule has 0 spiro atoms. The van der Waals surface area contributed by atoms with Crippen LogP contribution in [0.25, 0.3) is 22.4 Å². The Morgan fingerprint density at radius 2 is 1.87 bits per heavy atom. The first-order chi connectivity index (χ1) is 22.1. The van der Waals surface area contributed by atoms with E-state index in [1.807, 2.05) is 0 Å². The molecule has 2 aliphatic heterocycles. The van der Waals surface area contributed by atoms with Crippen LogP contribution in [0, 0.1) is 12.7 Å². The van der Waals surface area contributed by atoms with Gasteiger partial charge >= 0.3 is 5.69 Å². The van der Waals surface area contributed by atoms with Gasteiger partial charge in [0.25, 0.3) is 11.5 Å². The summed E-state index contributed by atoms with van der Waals surface area (Å²) >= 11 is 0. The molecule has 6 rings (SSSR count). The van der Waals surface area contributed by atoms with Crippen LogP contribution >= 0.6 is 0 Å². The molecular formula is C33H33FN6O6. The molecule has 2 aliphatic rings. The lowest BCUT2D eigenvalue weighted by molar-refractivity contribution is -0.119. The molecule has 0 aliphatic carbocycles. The van der Waals surface area contributed by atoms with Gasteiger partial charge in [0.05, 0.1) is 24.4 Å². The average molecular weight is 629 g/mol. The molecule has 4 heterocycles. The molecule has 1 saturated heterocycles. The van der Waals surface area contributed by atoms with Crippen molar-refractivity contribution in [3.8, 4) is 34.0 Å². The Morgan fingerprint density at radius 1 is 1.13 bits per heavy atom. The predicted molar refractivity (Wildman–Crippen MR) is 169 cm³/mol. The lowest BCUT2D eigenvalue weighted by atomic mass is 9.95. The number of rotatable bonds is 8. The number of hydrogen-bond donors (Lipinski definition) is 3. The van der Waals surface area contributed by atoms with E-state index in [4.69, 9.17) is 9.47 Å². The molecule has 1 fully saturated rings. The Bertz CT molecular complexity index is 2000. The summed E-state index contributed by atoms with van der Waals surface area (Å²) in [5.41, 5.74) is 1.57. The van der Waals surface area contributed by atoms with Crippen molar-refractivity contribution < 1.29 is 23.5 Å². The van der Waals surface area contributed by atoms with Crippen LogP contribution in [0.1, 0.15) is 40.4 Å². The number of aryl methyl sites for hydroxylation is 1. The summed E-state index contributed by atoms with van der Waals surface area (Å²) in [6, 6.07) is 11.6. The Morgan fingerprint density at radius 3 is 2.61 bits per heavy atom. The zero-order valence-corrected chi connectivity index (χ0v) is 25.8. The summed E-state index contributed by atoms with van der Waals surface area (Å²) in [5.74, 6) is -0.331. The monoisotopic (exact) mass is 628 g/mol. The lowest BCUT2D eigenvalue weighted by Crippen LogP contribution is -2.40. The van der Waals surface area contributed by atoms with E-state index in [1.54, 1.807) is 49.4 Å². The Labute approximate surface area is 263 Å². The first kappa shape index (κ1) is 30.7. The van der Waals surface area contributed by atoms with Crippen molar-refractivity contribution in [1.82, 2.24) is 24.8 Å². The van der Waals surface area contributed by atoms with Crippen molar-refractivity contribution in [2.24, 2.45) is 14.1 Å². The Kier molecular flexibility index (Phi) is 8.17. The summed E-state index contributed by atoms with van der Waals surface area (Å²) in [5, 5.41) is 9.10. The molecule has 2 atom stereocenters. The highest BCUT2D eigenvalue weighted by molar-refractivity contribution is 6.04. The number of anilines is 1. The molecule has 4 aromatic rings. The summed E-state index contributed by atoms with van der Waals surface area (Å²) in [7, 11) is 4.25. The van der Waals surface area contributed by atoms with E-state index in [-0.39, 0.29) is 34.7 Å². The maximum Gasteiger partial charge on any atom is 0.330 e. The minimum atomic E-state index is -0.723. The van der Waals surface area contributed by atoms with Crippen LogP contribution < -0.4 is 36.7 Å². The van der Waals surface area contributed by atoms with Crippen molar-refractivity contribution in [2.75, 3.05) is 25.6 Å². The number of carbonyl (C=O) groups is 2. The number of pyridine rings is 1. The summed E-state index contributed by atoms with van der Waals surface area (Å²) in [6.45, 7) is 2.65. The van der Waals surface area contributed by atoms with Crippen LogP contribution in [-0.4, -0.2) is 52.2 Å². The van der Waals surface area contributed by atoms with Gasteiger partial charge in [0.1, 0.15) is 23.7 Å². The molecule has 13 heteroatoms. The van der Waals surface area contributed by atoms with Gasteiger partial charge in [-0.2, -0.15) is 0 Å². The lowest BCUT2D eigenvalue weighted by Gasteiger charge is -2.18. The number of nitrogens with one attached hydrogen (secondary N) is 3. The normalized spacial score (nSPS) is 16.9. The second-order valence-electron chi connectivity index (χ2n) is 11.4.